The second-order valence-electron chi connectivity index (χ2n) is 7.40. The molecule has 2 aliphatic heterocycles. The van der Waals surface area contributed by atoms with Gasteiger partial charge in [0.15, 0.2) is 0 Å². The maximum Gasteiger partial charge on any atom is 0.313 e. The highest BCUT2D eigenvalue weighted by atomic mass is 16.5. The van der Waals surface area contributed by atoms with E-state index < -0.39 is 11.4 Å². The molecular weight excluding hydrogens is 304 g/mol. The van der Waals surface area contributed by atoms with Crippen LogP contribution in [-0.2, 0) is 16.1 Å². The number of fused-ring (bicyclic) bond motifs is 2. The first-order valence-corrected chi connectivity index (χ1v) is 8.61. The number of carbonyl (C=O) groups is 1. The van der Waals surface area contributed by atoms with Gasteiger partial charge in [-0.1, -0.05) is 18.2 Å². The third-order valence-electron chi connectivity index (χ3n) is 5.95. The lowest BCUT2D eigenvalue weighted by atomic mass is 9.76. The molecule has 2 aliphatic rings. The van der Waals surface area contributed by atoms with Gasteiger partial charge in [-0.05, 0) is 37.3 Å². The largest absolute Gasteiger partial charge is 0.481 e. The van der Waals surface area contributed by atoms with Gasteiger partial charge in [0.05, 0.1) is 6.61 Å². The van der Waals surface area contributed by atoms with E-state index in [1.165, 1.54) is 27.7 Å². The van der Waals surface area contributed by atoms with E-state index in [2.05, 4.69) is 41.9 Å². The molecule has 2 atom stereocenters. The van der Waals surface area contributed by atoms with Gasteiger partial charge in [0, 0.05) is 42.8 Å². The van der Waals surface area contributed by atoms with Crippen molar-refractivity contribution in [2.24, 2.45) is 11.3 Å². The number of aryl methyl sites for hydroxylation is 2. The number of ether oxygens (including phenoxy) is 1. The Hall–Kier alpha value is -1.85. The molecule has 0 bridgehead atoms. The summed E-state index contributed by atoms with van der Waals surface area (Å²) >= 11 is 0. The summed E-state index contributed by atoms with van der Waals surface area (Å²) in [7, 11) is 0. The lowest BCUT2D eigenvalue weighted by Gasteiger charge is -2.34. The van der Waals surface area contributed by atoms with Crippen LogP contribution in [0.25, 0.3) is 10.9 Å². The number of aromatic amines is 1. The summed E-state index contributed by atoms with van der Waals surface area (Å²) in [6, 6.07) is 6.35. The number of hydrogen-bond acceptors (Lipinski definition) is 3. The smallest absolute Gasteiger partial charge is 0.313 e. The first kappa shape index (κ1) is 15.7. The van der Waals surface area contributed by atoms with Crippen LogP contribution in [0.5, 0.6) is 0 Å². The van der Waals surface area contributed by atoms with E-state index in [9.17, 15) is 9.90 Å². The summed E-state index contributed by atoms with van der Waals surface area (Å²) in [6.45, 7) is 7.46. The second kappa shape index (κ2) is 5.60. The molecule has 1 aromatic carbocycles. The second-order valence-corrected chi connectivity index (χ2v) is 7.40. The summed E-state index contributed by atoms with van der Waals surface area (Å²) in [4.78, 5) is 17.7. The zero-order valence-corrected chi connectivity index (χ0v) is 14.3. The minimum absolute atomic E-state index is 0.190. The first-order chi connectivity index (χ1) is 11.5. The van der Waals surface area contributed by atoms with Gasteiger partial charge in [0.2, 0.25) is 0 Å². The molecule has 2 saturated heterocycles. The molecule has 4 rings (SSSR count). The third kappa shape index (κ3) is 2.26. The van der Waals surface area contributed by atoms with Crippen LogP contribution in [-0.4, -0.2) is 47.3 Å². The van der Waals surface area contributed by atoms with Gasteiger partial charge in [-0.3, -0.25) is 9.69 Å². The molecule has 128 valence electrons. The summed E-state index contributed by atoms with van der Waals surface area (Å²) in [6.07, 6.45) is 0.841. The number of aromatic nitrogens is 1. The number of rotatable bonds is 3. The number of aliphatic carboxylic acids is 1. The number of nitrogens with zero attached hydrogens (tertiary/aromatic N) is 1. The Balaban J connectivity index is 1.62. The Morgan fingerprint density at radius 2 is 2.29 bits per heavy atom. The zero-order chi connectivity index (χ0) is 16.9. The number of para-hydroxylation sites is 1. The van der Waals surface area contributed by atoms with E-state index >= 15 is 0 Å². The molecule has 5 heteroatoms. The van der Waals surface area contributed by atoms with Crippen LogP contribution in [0.2, 0.25) is 0 Å². The van der Waals surface area contributed by atoms with Gasteiger partial charge >= 0.3 is 5.97 Å². The summed E-state index contributed by atoms with van der Waals surface area (Å²) in [5, 5.41) is 11.0. The first-order valence-electron chi connectivity index (χ1n) is 8.61. The standard InChI is InChI=1S/C19H24N2O3/c1-12-4-3-5-15-13(2)16(20-17(12)15)9-21-8-14-6-7-24-11-19(14,10-21)18(22)23/h3-5,14,20H,6-11H2,1-2H3,(H,22,23)/t14-,19+/m0/s1. The van der Waals surface area contributed by atoms with Crippen molar-refractivity contribution in [1.82, 2.24) is 9.88 Å². The molecule has 2 N–H and O–H groups in total. The van der Waals surface area contributed by atoms with Gasteiger partial charge in [0.25, 0.3) is 0 Å². The number of hydrogen-bond donors (Lipinski definition) is 2. The molecule has 3 heterocycles. The van der Waals surface area contributed by atoms with E-state index in [0.29, 0.717) is 19.8 Å². The van der Waals surface area contributed by atoms with Gasteiger partial charge in [-0.25, -0.2) is 0 Å². The molecular formula is C19H24N2O3. The molecule has 0 radical (unpaired) electrons. The number of nitrogens with one attached hydrogen (secondary N) is 1. The molecule has 0 amide bonds. The topological polar surface area (TPSA) is 65.6 Å². The van der Waals surface area contributed by atoms with E-state index in [1.807, 2.05) is 0 Å². The Labute approximate surface area is 141 Å². The molecule has 0 spiro atoms. The van der Waals surface area contributed by atoms with Crippen molar-refractivity contribution in [2.45, 2.75) is 26.8 Å². The van der Waals surface area contributed by atoms with E-state index in [1.54, 1.807) is 0 Å². The number of likely N-dealkylation sites (tertiary alicyclic amines) is 1. The van der Waals surface area contributed by atoms with Crippen LogP contribution >= 0.6 is 0 Å². The van der Waals surface area contributed by atoms with Crippen LogP contribution in [0.4, 0.5) is 0 Å². The van der Waals surface area contributed by atoms with Crippen LogP contribution in [0, 0.1) is 25.2 Å². The van der Waals surface area contributed by atoms with E-state index in [0.717, 1.165) is 19.5 Å². The maximum absolute atomic E-state index is 11.9. The molecule has 2 fully saturated rings. The number of benzene rings is 1. The quantitative estimate of drug-likeness (QED) is 0.909. The maximum atomic E-state index is 11.9. The van der Waals surface area contributed by atoms with Crippen molar-refractivity contribution in [3.63, 3.8) is 0 Å². The van der Waals surface area contributed by atoms with Crippen molar-refractivity contribution in [3.8, 4) is 0 Å². The minimum Gasteiger partial charge on any atom is -0.481 e. The lowest BCUT2D eigenvalue weighted by Crippen LogP contribution is -2.46. The van der Waals surface area contributed by atoms with Crippen LogP contribution < -0.4 is 0 Å². The highest BCUT2D eigenvalue weighted by Crippen LogP contribution is 2.42. The Kier molecular flexibility index (Phi) is 3.66. The van der Waals surface area contributed by atoms with Gasteiger partial charge in [0.1, 0.15) is 5.41 Å². The van der Waals surface area contributed by atoms with Crippen molar-refractivity contribution >= 4 is 16.9 Å². The van der Waals surface area contributed by atoms with Crippen molar-refractivity contribution < 1.29 is 14.6 Å². The normalized spacial score (nSPS) is 27.5. The Morgan fingerprint density at radius 3 is 3.00 bits per heavy atom. The van der Waals surface area contributed by atoms with Gasteiger partial charge in [-0.15, -0.1) is 0 Å². The molecule has 24 heavy (non-hydrogen) atoms. The number of carboxylic acids is 1. The fourth-order valence-corrected chi connectivity index (χ4v) is 4.45. The third-order valence-corrected chi connectivity index (χ3v) is 5.95. The number of carboxylic acid groups (broad SMARTS) is 1. The predicted octanol–water partition coefficient (Wildman–Crippen LogP) is 2.71. The lowest BCUT2D eigenvalue weighted by molar-refractivity contribution is -0.159. The predicted molar refractivity (Wildman–Crippen MR) is 92.0 cm³/mol. The van der Waals surface area contributed by atoms with Crippen LogP contribution in [0.15, 0.2) is 18.2 Å². The molecule has 0 saturated carbocycles. The van der Waals surface area contributed by atoms with E-state index in [-0.39, 0.29) is 5.92 Å². The van der Waals surface area contributed by atoms with Crippen molar-refractivity contribution in [1.29, 1.82) is 0 Å². The average Bonchev–Trinajstić information content (AvgIpc) is 3.08. The SMILES string of the molecule is Cc1c(CN2C[C@@H]3CCOC[C@]3(C(=O)O)C2)[nH]c2c(C)cccc12. The van der Waals surface area contributed by atoms with Crippen LogP contribution in [0.1, 0.15) is 23.2 Å². The Bertz CT molecular complexity index is 797. The molecule has 2 aromatic rings. The molecule has 0 aliphatic carbocycles. The van der Waals surface area contributed by atoms with Gasteiger partial charge < -0.3 is 14.8 Å². The average molecular weight is 328 g/mol. The minimum atomic E-state index is -0.728. The highest BCUT2D eigenvalue weighted by Gasteiger charge is 2.54. The fraction of sp³-hybridized carbons (Fsp3) is 0.526. The Morgan fingerprint density at radius 1 is 1.46 bits per heavy atom. The monoisotopic (exact) mass is 328 g/mol. The molecule has 0 unspecified atom stereocenters. The molecule has 5 nitrogen and oxygen atoms in total. The highest BCUT2D eigenvalue weighted by molar-refractivity contribution is 5.87. The molecule has 1 aromatic heterocycles. The van der Waals surface area contributed by atoms with Crippen LogP contribution in [0.3, 0.4) is 0 Å². The van der Waals surface area contributed by atoms with Crippen molar-refractivity contribution in [3.05, 3.63) is 35.0 Å². The number of H-pyrrole nitrogens is 1. The van der Waals surface area contributed by atoms with Gasteiger partial charge in [-0.2, -0.15) is 0 Å². The fourth-order valence-electron chi connectivity index (χ4n) is 4.45. The van der Waals surface area contributed by atoms with E-state index in [4.69, 9.17) is 4.74 Å². The summed E-state index contributed by atoms with van der Waals surface area (Å²) in [5.74, 6) is -0.519. The summed E-state index contributed by atoms with van der Waals surface area (Å²) < 4.78 is 5.52. The summed E-state index contributed by atoms with van der Waals surface area (Å²) in [5.41, 5.74) is 4.17. The van der Waals surface area contributed by atoms with Crippen molar-refractivity contribution in [2.75, 3.05) is 26.3 Å². The zero-order valence-electron chi connectivity index (χ0n) is 14.3.